The average Bonchev–Trinajstić information content (AvgIpc) is 3.51. The number of ether oxygens (including phenoxy) is 2. The van der Waals surface area contributed by atoms with Crippen molar-refractivity contribution < 1.29 is 9.47 Å². The molecule has 0 saturated carbocycles. The van der Waals surface area contributed by atoms with Gasteiger partial charge in [-0.05, 0) is 97.2 Å². The van der Waals surface area contributed by atoms with Gasteiger partial charge < -0.3 is 9.47 Å². The molecular formula is C43H27BO2. The van der Waals surface area contributed by atoms with E-state index in [4.69, 9.17) is 9.47 Å². The van der Waals surface area contributed by atoms with Crippen molar-refractivity contribution in [3.8, 4) is 67.5 Å². The Hall–Kier alpha value is -5.80. The Morgan fingerprint density at radius 2 is 0.848 bits per heavy atom. The fourth-order valence-electron chi connectivity index (χ4n) is 7.80. The summed E-state index contributed by atoms with van der Waals surface area (Å²) < 4.78 is 13.2. The van der Waals surface area contributed by atoms with Crippen molar-refractivity contribution in [1.82, 2.24) is 0 Å². The second-order valence-corrected chi connectivity index (χ2v) is 12.4. The van der Waals surface area contributed by atoms with Crippen LogP contribution in [-0.2, 0) is 6.42 Å². The van der Waals surface area contributed by atoms with E-state index in [1.807, 2.05) is 12.1 Å². The van der Waals surface area contributed by atoms with Crippen molar-refractivity contribution in [3.63, 3.8) is 0 Å². The summed E-state index contributed by atoms with van der Waals surface area (Å²) in [6.45, 7) is 0.0792. The van der Waals surface area contributed by atoms with Gasteiger partial charge >= 0.3 is 0 Å². The smallest absolute Gasteiger partial charge is 0.260 e. The second kappa shape index (κ2) is 9.85. The molecule has 0 N–H and O–H groups in total. The van der Waals surface area contributed by atoms with Gasteiger partial charge in [-0.2, -0.15) is 0 Å². The highest BCUT2D eigenvalue weighted by Gasteiger charge is 2.40. The minimum Gasteiger partial charge on any atom is -0.458 e. The van der Waals surface area contributed by atoms with Crippen molar-refractivity contribution in [1.29, 1.82) is 0 Å². The molecule has 0 atom stereocenters. The van der Waals surface area contributed by atoms with Gasteiger partial charge in [0.25, 0.3) is 6.71 Å². The van der Waals surface area contributed by atoms with Crippen LogP contribution in [0.1, 0.15) is 11.1 Å². The zero-order valence-electron chi connectivity index (χ0n) is 25.0. The summed E-state index contributed by atoms with van der Waals surface area (Å²) in [4.78, 5) is 0. The van der Waals surface area contributed by atoms with Crippen LogP contribution in [0.25, 0.3) is 44.5 Å². The molecule has 7 aromatic carbocycles. The molecule has 46 heavy (non-hydrogen) atoms. The Labute approximate surface area is 268 Å². The van der Waals surface area contributed by atoms with E-state index in [1.165, 1.54) is 61.0 Å². The molecule has 0 unspecified atom stereocenters. The molecule has 2 heterocycles. The summed E-state index contributed by atoms with van der Waals surface area (Å²) in [5.74, 6) is 3.57. The summed E-state index contributed by atoms with van der Waals surface area (Å²) in [7, 11) is 0. The van der Waals surface area contributed by atoms with Crippen LogP contribution >= 0.6 is 0 Å². The van der Waals surface area contributed by atoms with Crippen LogP contribution in [0, 0.1) is 0 Å². The fraction of sp³-hybridized carbons (Fsp3) is 0.0233. The second-order valence-electron chi connectivity index (χ2n) is 12.4. The van der Waals surface area contributed by atoms with Gasteiger partial charge in [0.15, 0.2) is 0 Å². The normalized spacial score (nSPS) is 13.0. The van der Waals surface area contributed by atoms with E-state index in [2.05, 4.69) is 140 Å². The molecule has 214 valence electrons. The summed E-state index contributed by atoms with van der Waals surface area (Å²) in [5, 5.41) is 0. The standard InChI is InChI=1S/C43H27BO2/c1-2-10-27(11-3-1)28-20-22-29(23-21-28)31-12-8-14-33-34-15-9-13-32(36(34)26-35(31)33)30-24-41-43-42(25-30)46-40-19-7-5-17-38(40)44(43)37-16-4-6-18-39(37)45-41/h1-25H,26H2. The van der Waals surface area contributed by atoms with Gasteiger partial charge in [-0.1, -0.05) is 127 Å². The quantitative estimate of drug-likeness (QED) is 0.193. The molecule has 2 aliphatic heterocycles. The average molecular weight is 586 g/mol. The maximum absolute atomic E-state index is 6.62. The van der Waals surface area contributed by atoms with Gasteiger partial charge in [0.05, 0.1) is 0 Å². The van der Waals surface area contributed by atoms with Crippen molar-refractivity contribution >= 4 is 23.1 Å². The Kier molecular flexibility index (Phi) is 5.47. The van der Waals surface area contributed by atoms with E-state index in [1.54, 1.807) is 0 Å². The van der Waals surface area contributed by atoms with E-state index in [0.717, 1.165) is 40.4 Å². The first-order valence-corrected chi connectivity index (χ1v) is 15.9. The monoisotopic (exact) mass is 586 g/mol. The Balaban J connectivity index is 1.07. The molecule has 1 aliphatic carbocycles. The van der Waals surface area contributed by atoms with E-state index >= 15 is 0 Å². The van der Waals surface area contributed by atoms with Gasteiger partial charge in [0.1, 0.15) is 23.0 Å². The number of rotatable bonds is 3. The van der Waals surface area contributed by atoms with Gasteiger partial charge in [0.2, 0.25) is 0 Å². The molecule has 0 saturated heterocycles. The van der Waals surface area contributed by atoms with Crippen LogP contribution in [0.2, 0.25) is 0 Å². The first-order chi connectivity index (χ1) is 22.8. The minimum absolute atomic E-state index is 0.0792. The van der Waals surface area contributed by atoms with Crippen molar-refractivity contribution in [2.45, 2.75) is 6.42 Å². The highest BCUT2D eigenvalue weighted by Crippen LogP contribution is 2.47. The van der Waals surface area contributed by atoms with Gasteiger partial charge in [-0.25, -0.2) is 0 Å². The van der Waals surface area contributed by atoms with Crippen LogP contribution in [0.4, 0.5) is 0 Å². The van der Waals surface area contributed by atoms with E-state index < -0.39 is 0 Å². The highest BCUT2D eigenvalue weighted by molar-refractivity contribution is 6.98. The molecule has 3 heteroatoms. The largest absolute Gasteiger partial charge is 0.458 e. The third-order valence-electron chi connectivity index (χ3n) is 9.90. The molecule has 2 nitrogen and oxygen atoms in total. The molecule has 0 fully saturated rings. The number of hydrogen-bond acceptors (Lipinski definition) is 2. The fourth-order valence-corrected chi connectivity index (χ4v) is 7.80. The lowest BCUT2D eigenvalue weighted by Gasteiger charge is -2.33. The van der Waals surface area contributed by atoms with Crippen molar-refractivity contribution in [2.75, 3.05) is 0 Å². The molecule has 3 aliphatic rings. The molecule has 0 radical (unpaired) electrons. The van der Waals surface area contributed by atoms with Crippen LogP contribution < -0.4 is 25.9 Å². The predicted molar refractivity (Wildman–Crippen MR) is 189 cm³/mol. The zero-order chi connectivity index (χ0) is 30.2. The lowest BCUT2D eigenvalue weighted by molar-refractivity contribution is 0.465. The van der Waals surface area contributed by atoms with E-state index in [9.17, 15) is 0 Å². The number of hydrogen-bond donors (Lipinski definition) is 0. The molecular weight excluding hydrogens is 559 g/mol. The third-order valence-corrected chi connectivity index (χ3v) is 9.90. The van der Waals surface area contributed by atoms with E-state index in [0.29, 0.717) is 0 Å². The topological polar surface area (TPSA) is 18.5 Å². The molecule has 0 amide bonds. The minimum atomic E-state index is 0.0792. The molecule has 7 aromatic rings. The lowest BCUT2D eigenvalue weighted by atomic mass is 9.35. The first-order valence-electron chi connectivity index (χ1n) is 15.9. The van der Waals surface area contributed by atoms with Crippen LogP contribution in [0.3, 0.4) is 0 Å². The SMILES string of the molecule is c1ccc(-c2ccc(-c3cccc4c3Cc3c(-c5cc6c7c(c5)Oc5ccccc5B7c5ccccc5O6)cccc3-4)cc2)cc1. The van der Waals surface area contributed by atoms with Crippen molar-refractivity contribution in [2.24, 2.45) is 0 Å². The summed E-state index contributed by atoms with van der Waals surface area (Å²) >= 11 is 0. The van der Waals surface area contributed by atoms with Crippen LogP contribution in [-0.4, -0.2) is 6.71 Å². The van der Waals surface area contributed by atoms with E-state index in [-0.39, 0.29) is 6.71 Å². The Morgan fingerprint density at radius 1 is 0.370 bits per heavy atom. The molecule has 10 rings (SSSR count). The molecule has 0 bridgehead atoms. The molecule has 0 spiro atoms. The predicted octanol–water partition coefficient (Wildman–Crippen LogP) is 8.99. The summed E-state index contributed by atoms with van der Waals surface area (Å²) in [5.41, 5.74) is 16.2. The molecule has 0 aromatic heterocycles. The summed E-state index contributed by atoms with van der Waals surface area (Å²) in [6.07, 6.45) is 0.875. The number of para-hydroxylation sites is 2. The third kappa shape index (κ3) is 3.78. The Morgan fingerprint density at radius 3 is 1.46 bits per heavy atom. The van der Waals surface area contributed by atoms with Gasteiger partial charge in [-0.3, -0.25) is 0 Å². The number of benzene rings is 7. The lowest BCUT2D eigenvalue weighted by Crippen LogP contribution is -2.57. The maximum atomic E-state index is 6.62. The first kappa shape index (κ1) is 25.5. The summed E-state index contributed by atoms with van der Waals surface area (Å²) in [6, 6.07) is 54.2. The highest BCUT2D eigenvalue weighted by atomic mass is 16.5. The zero-order valence-corrected chi connectivity index (χ0v) is 25.0. The Bertz CT molecular complexity index is 2270. The van der Waals surface area contributed by atoms with Crippen LogP contribution in [0.15, 0.2) is 152 Å². The van der Waals surface area contributed by atoms with Gasteiger partial charge in [-0.15, -0.1) is 0 Å². The van der Waals surface area contributed by atoms with Gasteiger partial charge in [0, 0.05) is 5.46 Å². The maximum Gasteiger partial charge on any atom is 0.260 e. The van der Waals surface area contributed by atoms with Crippen LogP contribution in [0.5, 0.6) is 23.0 Å². The number of fused-ring (bicyclic) bond motifs is 7. The van der Waals surface area contributed by atoms with Crippen molar-refractivity contribution in [3.05, 3.63) is 163 Å².